The van der Waals surface area contributed by atoms with Gasteiger partial charge in [0.1, 0.15) is 0 Å². The molecule has 4 heteroatoms. The SMILES string of the molecule is CCCN[C@@H](C)C(=O)[O-].[K+]. The molecule has 0 aromatic rings. The Balaban J connectivity index is 0. The van der Waals surface area contributed by atoms with E-state index in [0.29, 0.717) is 0 Å². The summed E-state index contributed by atoms with van der Waals surface area (Å²) >= 11 is 0. The summed E-state index contributed by atoms with van der Waals surface area (Å²) in [7, 11) is 0. The number of rotatable bonds is 4. The smallest absolute Gasteiger partial charge is 0.548 e. The number of carbonyl (C=O) groups is 1. The first-order valence-corrected chi connectivity index (χ1v) is 3.12. The molecule has 0 spiro atoms. The first-order chi connectivity index (χ1) is 4.18. The van der Waals surface area contributed by atoms with Gasteiger partial charge in [0.05, 0.1) is 5.97 Å². The van der Waals surface area contributed by atoms with Crippen molar-refractivity contribution in [1.29, 1.82) is 0 Å². The first kappa shape index (κ1) is 13.6. The predicted octanol–water partition coefficient (Wildman–Crippen LogP) is -3.87. The van der Waals surface area contributed by atoms with Crippen LogP contribution in [0.4, 0.5) is 0 Å². The number of hydrogen-bond acceptors (Lipinski definition) is 3. The third-order valence-corrected chi connectivity index (χ3v) is 1.05. The van der Waals surface area contributed by atoms with Crippen molar-refractivity contribution < 1.29 is 61.3 Å². The molecule has 0 unspecified atom stereocenters. The molecule has 10 heavy (non-hydrogen) atoms. The van der Waals surface area contributed by atoms with E-state index in [2.05, 4.69) is 5.32 Å². The molecular formula is C6H12KNO2. The van der Waals surface area contributed by atoms with Gasteiger partial charge in [0, 0.05) is 6.04 Å². The molecule has 0 aliphatic rings. The zero-order valence-electron chi connectivity index (χ0n) is 6.81. The normalized spacial score (nSPS) is 11.8. The van der Waals surface area contributed by atoms with Gasteiger partial charge >= 0.3 is 51.4 Å². The largest absolute Gasteiger partial charge is 1.00 e. The topological polar surface area (TPSA) is 52.2 Å². The molecule has 0 radical (unpaired) electrons. The van der Waals surface area contributed by atoms with Crippen LogP contribution in [-0.2, 0) is 4.79 Å². The molecule has 1 N–H and O–H groups in total. The minimum absolute atomic E-state index is 0. The average Bonchev–Trinajstić information content (AvgIpc) is 1.82. The Morgan fingerprint density at radius 2 is 2.20 bits per heavy atom. The van der Waals surface area contributed by atoms with Crippen LogP contribution in [0.15, 0.2) is 0 Å². The van der Waals surface area contributed by atoms with E-state index in [0.717, 1.165) is 13.0 Å². The van der Waals surface area contributed by atoms with Crippen LogP contribution in [0.2, 0.25) is 0 Å². The van der Waals surface area contributed by atoms with Crippen molar-refractivity contribution in [1.82, 2.24) is 5.32 Å². The van der Waals surface area contributed by atoms with Gasteiger partial charge in [-0.05, 0) is 19.9 Å². The Morgan fingerprint density at radius 1 is 1.70 bits per heavy atom. The number of nitrogens with one attached hydrogen (secondary N) is 1. The van der Waals surface area contributed by atoms with Crippen LogP contribution in [0.25, 0.3) is 0 Å². The number of carbonyl (C=O) groups excluding carboxylic acids is 1. The zero-order chi connectivity index (χ0) is 7.28. The maximum absolute atomic E-state index is 10.0. The fraction of sp³-hybridized carbons (Fsp3) is 0.833. The van der Waals surface area contributed by atoms with Gasteiger partial charge in [-0.2, -0.15) is 0 Å². The van der Waals surface area contributed by atoms with Gasteiger partial charge in [0.25, 0.3) is 0 Å². The van der Waals surface area contributed by atoms with Crippen LogP contribution in [0, 0.1) is 0 Å². The second-order valence-electron chi connectivity index (χ2n) is 1.99. The fourth-order valence-electron chi connectivity index (χ4n) is 0.444. The molecular weight excluding hydrogens is 157 g/mol. The van der Waals surface area contributed by atoms with Gasteiger partial charge in [-0.25, -0.2) is 0 Å². The zero-order valence-corrected chi connectivity index (χ0v) is 9.93. The maximum atomic E-state index is 10.0. The summed E-state index contributed by atoms with van der Waals surface area (Å²) in [5, 5.41) is 12.8. The molecule has 1 atom stereocenters. The van der Waals surface area contributed by atoms with Crippen molar-refractivity contribution >= 4 is 5.97 Å². The minimum atomic E-state index is -1.04. The third-order valence-electron chi connectivity index (χ3n) is 1.05. The molecule has 54 valence electrons. The number of carboxylic acid groups (broad SMARTS) is 1. The Morgan fingerprint density at radius 3 is 2.50 bits per heavy atom. The van der Waals surface area contributed by atoms with Crippen LogP contribution in [-0.4, -0.2) is 18.6 Å². The molecule has 0 saturated heterocycles. The Bertz CT molecular complexity index is 97.7. The van der Waals surface area contributed by atoms with Gasteiger partial charge in [-0.3, -0.25) is 0 Å². The van der Waals surface area contributed by atoms with Crippen LogP contribution >= 0.6 is 0 Å². The van der Waals surface area contributed by atoms with E-state index in [9.17, 15) is 9.90 Å². The predicted molar refractivity (Wildman–Crippen MR) is 32.8 cm³/mol. The molecule has 0 heterocycles. The molecule has 0 fully saturated rings. The molecule has 0 rings (SSSR count). The summed E-state index contributed by atoms with van der Waals surface area (Å²) in [6, 6.07) is -0.523. The molecule has 0 aliphatic carbocycles. The second-order valence-corrected chi connectivity index (χ2v) is 1.99. The van der Waals surface area contributed by atoms with Crippen LogP contribution in [0.5, 0.6) is 0 Å². The van der Waals surface area contributed by atoms with Crippen molar-refractivity contribution in [2.24, 2.45) is 0 Å². The minimum Gasteiger partial charge on any atom is -0.548 e. The number of carboxylic acids is 1. The Kier molecular flexibility index (Phi) is 11.1. The van der Waals surface area contributed by atoms with E-state index in [1.165, 1.54) is 0 Å². The summed E-state index contributed by atoms with van der Waals surface area (Å²) in [6.45, 7) is 4.29. The summed E-state index contributed by atoms with van der Waals surface area (Å²) < 4.78 is 0. The summed E-state index contributed by atoms with van der Waals surface area (Å²) in [5.41, 5.74) is 0. The molecule has 0 saturated carbocycles. The van der Waals surface area contributed by atoms with Crippen LogP contribution in [0.3, 0.4) is 0 Å². The molecule has 0 aromatic heterocycles. The second kappa shape index (κ2) is 8.17. The number of aliphatic carboxylic acids is 1. The van der Waals surface area contributed by atoms with Gasteiger partial charge in [0.15, 0.2) is 0 Å². The summed E-state index contributed by atoms with van der Waals surface area (Å²) in [6.07, 6.45) is 0.942. The molecule has 3 nitrogen and oxygen atoms in total. The van der Waals surface area contributed by atoms with Crippen molar-refractivity contribution in [3.63, 3.8) is 0 Å². The quantitative estimate of drug-likeness (QED) is 0.438. The molecule has 0 aliphatic heterocycles. The van der Waals surface area contributed by atoms with Gasteiger partial charge in [0.2, 0.25) is 0 Å². The van der Waals surface area contributed by atoms with E-state index in [4.69, 9.17) is 0 Å². The standard InChI is InChI=1S/C6H13NO2.K/c1-3-4-7-5(2)6(8)9;/h5,7H,3-4H2,1-2H3,(H,8,9);/q;+1/p-1/t5-;/m0./s1. The molecule has 0 bridgehead atoms. The van der Waals surface area contributed by atoms with Crippen LogP contribution < -0.4 is 61.8 Å². The summed E-state index contributed by atoms with van der Waals surface area (Å²) in [5.74, 6) is -1.04. The molecule has 0 aromatic carbocycles. The van der Waals surface area contributed by atoms with Crippen molar-refractivity contribution in [2.75, 3.05) is 6.54 Å². The fourth-order valence-corrected chi connectivity index (χ4v) is 0.444. The van der Waals surface area contributed by atoms with Gasteiger partial charge in [-0.1, -0.05) is 6.92 Å². The third kappa shape index (κ3) is 7.18. The van der Waals surface area contributed by atoms with Gasteiger partial charge in [-0.15, -0.1) is 0 Å². The summed E-state index contributed by atoms with van der Waals surface area (Å²) in [4.78, 5) is 10.0. The molecule has 0 amide bonds. The van der Waals surface area contributed by atoms with E-state index in [1.54, 1.807) is 6.92 Å². The van der Waals surface area contributed by atoms with Crippen LogP contribution in [0.1, 0.15) is 20.3 Å². The maximum Gasteiger partial charge on any atom is 1.00 e. The average molecular weight is 169 g/mol. The van der Waals surface area contributed by atoms with E-state index in [-0.39, 0.29) is 51.4 Å². The van der Waals surface area contributed by atoms with Crippen molar-refractivity contribution in [3.05, 3.63) is 0 Å². The van der Waals surface area contributed by atoms with Gasteiger partial charge < -0.3 is 15.2 Å². The Labute approximate surface area is 104 Å². The number of hydrogen-bond donors (Lipinski definition) is 1. The van der Waals surface area contributed by atoms with E-state index >= 15 is 0 Å². The van der Waals surface area contributed by atoms with Crippen molar-refractivity contribution in [2.45, 2.75) is 26.3 Å². The van der Waals surface area contributed by atoms with Crippen molar-refractivity contribution in [3.8, 4) is 0 Å². The first-order valence-electron chi connectivity index (χ1n) is 3.12. The van der Waals surface area contributed by atoms with E-state index in [1.807, 2.05) is 6.92 Å². The Hall–Kier alpha value is 1.07. The van der Waals surface area contributed by atoms with E-state index < -0.39 is 12.0 Å². The monoisotopic (exact) mass is 169 g/mol.